The second-order valence-electron chi connectivity index (χ2n) is 11.3. The average Bonchev–Trinajstić information content (AvgIpc) is 3.36. The molecule has 0 spiro atoms. The van der Waals surface area contributed by atoms with Crippen molar-refractivity contribution in [3.63, 3.8) is 0 Å². The molecule has 0 radical (unpaired) electrons. The Balaban J connectivity index is 1.85. The van der Waals surface area contributed by atoms with E-state index >= 15 is 0 Å². The molecule has 2 aromatic carbocycles. The zero-order chi connectivity index (χ0) is 27.7. The molecule has 3 atom stereocenters. The second-order valence-corrected chi connectivity index (χ2v) is 11.3. The van der Waals surface area contributed by atoms with Crippen LogP contribution in [0.1, 0.15) is 103 Å². The monoisotopic (exact) mass is 524 g/mol. The van der Waals surface area contributed by atoms with E-state index in [2.05, 4.69) is 99.6 Å². The highest BCUT2D eigenvalue weighted by molar-refractivity contribution is 6.00. The van der Waals surface area contributed by atoms with Crippen LogP contribution >= 0.6 is 0 Å². The van der Waals surface area contributed by atoms with E-state index in [0.717, 1.165) is 49.9 Å². The molecule has 2 aliphatic heterocycles. The van der Waals surface area contributed by atoms with Crippen LogP contribution in [-0.4, -0.2) is 29.5 Å². The molecule has 2 unspecified atom stereocenters. The minimum Gasteiger partial charge on any atom is -0.368 e. The standard InChI is InChI=1S/C35H44N2O2/c1-7-10-21-36-25(5)33(24(4)30(36)16-9-3)35(29-19-14-12-17-27(29)32(38)23-39-35)34-26(6)37(22-11-8-2)31-20-15-13-18-28(31)34/h9,12-20,26,34H,7-8,10-11,21-23H2,1-6H3/b16-9-/t26?,34?,35-/m1/s1. The molecule has 1 aromatic heterocycles. The van der Waals surface area contributed by atoms with Gasteiger partial charge in [-0.25, -0.2) is 0 Å². The maximum absolute atomic E-state index is 13.3. The van der Waals surface area contributed by atoms with Crippen molar-refractivity contribution in [3.8, 4) is 0 Å². The lowest BCUT2D eigenvalue weighted by atomic mass is 9.67. The molecule has 0 aliphatic carbocycles. The number of Topliss-reactive ketones (excluding diaryl/α,β-unsaturated/α-hetero) is 1. The van der Waals surface area contributed by atoms with Crippen LogP contribution in [0.3, 0.4) is 0 Å². The van der Waals surface area contributed by atoms with E-state index in [9.17, 15) is 4.79 Å². The Kier molecular flexibility index (Phi) is 7.87. The maximum Gasteiger partial charge on any atom is 0.188 e. The van der Waals surface area contributed by atoms with Crippen molar-refractivity contribution in [2.75, 3.05) is 18.1 Å². The number of carbonyl (C=O) groups is 1. The van der Waals surface area contributed by atoms with Crippen LogP contribution in [0.5, 0.6) is 0 Å². The van der Waals surface area contributed by atoms with Crippen molar-refractivity contribution in [2.45, 2.75) is 91.3 Å². The topological polar surface area (TPSA) is 34.5 Å². The van der Waals surface area contributed by atoms with Gasteiger partial charge in [-0.2, -0.15) is 0 Å². The first-order valence-electron chi connectivity index (χ1n) is 14.9. The molecule has 0 saturated carbocycles. The summed E-state index contributed by atoms with van der Waals surface area (Å²) >= 11 is 0. The molecule has 5 rings (SSSR count). The van der Waals surface area contributed by atoms with Gasteiger partial charge in [0.25, 0.3) is 0 Å². The van der Waals surface area contributed by atoms with E-state index in [1.165, 1.54) is 33.8 Å². The first-order chi connectivity index (χ1) is 18.9. The van der Waals surface area contributed by atoms with Gasteiger partial charge in [-0.15, -0.1) is 0 Å². The number of nitrogens with zero attached hydrogens (tertiary/aromatic N) is 2. The number of ether oxygens (including phenoxy) is 1. The van der Waals surface area contributed by atoms with Gasteiger partial charge in [0.05, 0.1) is 0 Å². The van der Waals surface area contributed by atoms with Crippen molar-refractivity contribution < 1.29 is 9.53 Å². The highest BCUT2D eigenvalue weighted by Gasteiger charge is 2.56. The highest BCUT2D eigenvalue weighted by Crippen LogP contribution is 2.58. The second kappa shape index (κ2) is 11.2. The first kappa shape index (κ1) is 27.5. The van der Waals surface area contributed by atoms with Crippen LogP contribution in [-0.2, 0) is 16.9 Å². The molecule has 0 bridgehead atoms. The molecule has 2 aliphatic rings. The molecule has 0 saturated heterocycles. The van der Waals surface area contributed by atoms with Crippen LogP contribution < -0.4 is 4.90 Å². The number of anilines is 1. The number of hydrogen-bond donors (Lipinski definition) is 0. The van der Waals surface area contributed by atoms with Crippen LogP contribution in [0.25, 0.3) is 6.08 Å². The number of benzene rings is 2. The lowest BCUT2D eigenvalue weighted by Gasteiger charge is -2.46. The summed E-state index contributed by atoms with van der Waals surface area (Å²) in [4.78, 5) is 15.9. The van der Waals surface area contributed by atoms with Crippen molar-refractivity contribution in [3.05, 3.63) is 93.8 Å². The van der Waals surface area contributed by atoms with Crippen LogP contribution in [0.4, 0.5) is 5.69 Å². The first-order valence-corrected chi connectivity index (χ1v) is 14.9. The number of para-hydroxylation sites is 1. The van der Waals surface area contributed by atoms with Crippen molar-refractivity contribution in [1.29, 1.82) is 0 Å². The number of aromatic nitrogens is 1. The zero-order valence-electron chi connectivity index (χ0n) is 24.6. The van der Waals surface area contributed by atoms with E-state index in [-0.39, 0.29) is 24.3 Å². The molecule has 0 amide bonds. The fourth-order valence-electron chi connectivity index (χ4n) is 7.33. The molecule has 3 heterocycles. The maximum atomic E-state index is 13.3. The molecule has 39 heavy (non-hydrogen) atoms. The summed E-state index contributed by atoms with van der Waals surface area (Å²) in [6.45, 7) is 15.5. The molecule has 4 nitrogen and oxygen atoms in total. The zero-order valence-corrected chi connectivity index (χ0v) is 24.6. The molecular formula is C35H44N2O2. The lowest BCUT2D eigenvalue weighted by Crippen LogP contribution is -2.49. The third-order valence-electron chi connectivity index (χ3n) is 9.05. The molecule has 0 fully saturated rings. The molecule has 0 N–H and O–H groups in total. The minimum atomic E-state index is -0.775. The van der Waals surface area contributed by atoms with Crippen LogP contribution in [0.2, 0.25) is 0 Å². The van der Waals surface area contributed by atoms with Gasteiger partial charge in [-0.05, 0) is 69.4 Å². The van der Waals surface area contributed by atoms with Crippen molar-refractivity contribution >= 4 is 17.5 Å². The minimum absolute atomic E-state index is 0.0395. The predicted octanol–water partition coefficient (Wildman–Crippen LogP) is 8.19. The van der Waals surface area contributed by atoms with E-state index in [1.54, 1.807) is 0 Å². The van der Waals surface area contributed by atoms with E-state index in [1.807, 2.05) is 12.1 Å². The van der Waals surface area contributed by atoms with Crippen molar-refractivity contribution in [1.82, 2.24) is 4.57 Å². The van der Waals surface area contributed by atoms with Crippen LogP contribution in [0, 0.1) is 13.8 Å². The summed E-state index contributed by atoms with van der Waals surface area (Å²) in [6, 6.07) is 17.3. The molecule has 206 valence electrons. The Labute approximate surface area is 234 Å². The van der Waals surface area contributed by atoms with Gasteiger partial charge in [0, 0.05) is 53.3 Å². The summed E-state index contributed by atoms with van der Waals surface area (Å²) in [5.41, 5.74) is 8.63. The van der Waals surface area contributed by atoms with Gasteiger partial charge in [-0.3, -0.25) is 4.79 Å². The molecular weight excluding hydrogens is 480 g/mol. The quantitative estimate of drug-likeness (QED) is 0.283. The normalized spacial score (nSPS) is 22.5. The summed E-state index contributed by atoms with van der Waals surface area (Å²) in [7, 11) is 0. The fraction of sp³-hybridized carbons (Fsp3) is 0.457. The van der Waals surface area contributed by atoms with Crippen LogP contribution in [0.15, 0.2) is 54.6 Å². The third-order valence-corrected chi connectivity index (χ3v) is 9.05. The summed E-state index contributed by atoms with van der Waals surface area (Å²) in [6.07, 6.45) is 8.94. The summed E-state index contributed by atoms with van der Waals surface area (Å²) < 4.78 is 9.54. The Morgan fingerprint density at radius 2 is 1.69 bits per heavy atom. The fourth-order valence-corrected chi connectivity index (χ4v) is 7.33. The number of carbonyl (C=O) groups excluding carboxylic acids is 1. The Hall–Kier alpha value is -3.11. The number of rotatable bonds is 9. The molecule has 3 aromatic rings. The summed E-state index contributed by atoms with van der Waals surface area (Å²) in [5.74, 6) is 0.107. The number of ketones is 1. The van der Waals surface area contributed by atoms with Gasteiger partial charge in [-0.1, -0.05) is 75.2 Å². The van der Waals surface area contributed by atoms with Crippen molar-refractivity contribution in [2.24, 2.45) is 0 Å². The van der Waals surface area contributed by atoms with E-state index in [4.69, 9.17) is 4.74 Å². The highest BCUT2D eigenvalue weighted by atomic mass is 16.5. The van der Waals surface area contributed by atoms with Gasteiger partial charge in [0.2, 0.25) is 0 Å². The van der Waals surface area contributed by atoms with Gasteiger partial charge < -0.3 is 14.2 Å². The summed E-state index contributed by atoms with van der Waals surface area (Å²) in [5, 5.41) is 0. The number of hydrogen-bond acceptors (Lipinski definition) is 3. The van der Waals surface area contributed by atoms with Gasteiger partial charge in [0.1, 0.15) is 12.2 Å². The number of fused-ring (bicyclic) bond motifs is 2. The number of allylic oxidation sites excluding steroid dienone is 1. The molecule has 4 heteroatoms. The lowest BCUT2D eigenvalue weighted by molar-refractivity contribution is -0.0415. The predicted molar refractivity (Wildman–Crippen MR) is 162 cm³/mol. The Morgan fingerprint density at radius 1 is 1.00 bits per heavy atom. The van der Waals surface area contributed by atoms with E-state index < -0.39 is 5.60 Å². The largest absolute Gasteiger partial charge is 0.368 e. The van der Waals surface area contributed by atoms with E-state index in [0.29, 0.717) is 0 Å². The SMILES string of the molecule is C/C=C\c1c(C)c([C@]2(C3c4ccccc4N(CCCC)C3C)OCC(=O)c3ccccc32)c(C)n1CCCC. The van der Waals surface area contributed by atoms with Gasteiger partial charge >= 0.3 is 0 Å². The smallest absolute Gasteiger partial charge is 0.188 e. The average molecular weight is 525 g/mol. The Morgan fingerprint density at radius 3 is 2.44 bits per heavy atom. The third kappa shape index (κ3) is 4.28. The van der Waals surface area contributed by atoms with Gasteiger partial charge in [0.15, 0.2) is 5.78 Å². The number of unbranched alkanes of at least 4 members (excludes halogenated alkanes) is 2. The Bertz CT molecular complexity index is 1380.